The molecule has 2 unspecified atom stereocenters. The normalized spacial score (nSPS) is 23.0. The van der Waals surface area contributed by atoms with Gasteiger partial charge in [-0.1, -0.05) is 30.3 Å². The van der Waals surface area contributed by atoms with Crippen LogP contribution in [0.4, 0.5) is 0 Å². The lowest BCUT2D eigenvalue weighted by molar-refractivity contribution is -0.133. The number of carbonyl (C=O) groups is 1. The summed E-state index contributed by atoms with van der Waals surface area (Å²) in [5.74, 6) is 0.109. The zero-order chi connectivity index (χ0) is 15.5. The Morgan fingerprint density at radius 2 is 2.05 bits per heavy atom. The quantitative estimate of drug-likeness (QED) is 0.874. The molecule has 1 aliphatic heterocycles. The van der Waals surface area contributed by atoms with Gasteiger partial charge < -0.3 is 10.6 Å². The van der Waals surface area contributed by atoms with Crippen LogP contribution in [0.3, 0.4) is 0 Å². The first-order valence-corrected chi connectivity index (χ1v) is 8.49. The van der Waals surface area contributed by atoms with Crippen LogP contribution in [0.1, 0.15) is 38.2 Å². The third kappa shape index (κ3) is 3.68. The summed E-state index contributed by atoms with van der Waals surface area (Å²) < 4.78 is 0. The lowest BCUT2D eigenvalue weighted by Crippen LogP contribution is -2.48. The van der Waals surface area contributed by atoms with Crippen LogP contribution in [0.25, 0.3) is 0 Å². The molecule has 1 aliphatic carbocycles. The van der Waals surface area contributed by atoms with Gasteiger partial charge in [0.2, 0.25) is 5.91 Å². The highest BCUT2D eigenvalue weighted by Gasteiger charge is 2.35. The van der Waals surface area contributed by atoms with Crippen molar-refractivity contribution in [3.05, 3.63) is 35.9 Å². The average Bonchev–Trinajstić information content (AvgIpc) is 3.27. The summed E-state index contributed by atoms with van der Waals surface area (Å²) in [7, 11) is 0. The third-order valence-corrected chi connectivity index (χ3v) is 4.79. The van der Waals surface area contributed by atoms with E-state index in [9.17, 15) is 4.79 Å². The minimum Gasteiger partial charge on any atom is -0.337 e. The molecule has 22 heavy (non-hydrogen) atoms. The number of nitrogens with zero attached hydrogens (tertiary/aromatic N) is 2. The first-order valence-electron chi connectivity index (χ1n) is 8.49. The van der Waals surface area contributed by atoms with Gasteiger partial charge in [-0.2, -0.15) is 0 Å². The molecule has 4 heteroatoms. The number of likely N-dealkylation sites (tertiary alicyclic amines) is 1. The fourth-order valence-corrected chi connectivity index (χ4v) is 3.45. The van der Waals surface area contributed by atoms with Crippen LogP contribution in [0.5, 0.6) is 0 Å². The molecule has 2 aliphatic rings. The van der Waals surface area contributed by atoms with Crippen LogP contribution in [0.2, 0.25) is 0 Å². The number of benzene rings is 1. The number of hydrogen-bond acceptors (Lipinski definition) is 3. The van der Waals surface area contributed by atoms with Gasteiger partial charge in [0.15, 0.2) is 0 Å². The highest BCUT2D eigenvalue weighted by atomic mass is 16.2. The van der Waals surface area contributed by atoms with Crippen molar-refractivity contribution in [1.82, 2.24) is 9.80 Å². The van der Waals surface area contributed by atoms with Gasteiger partial charge in [0.25, 0.3) is 0 Å². The van der Waals surface area contributed by atoms with Crippen molar-refractivity contribution in [3.63, 3.8) is 0 Å². The Hall–Kier alpha value is -1.39. The number of amides is 1. The van der Waals surface area contributed by atoms with Gasteiger partial charge in [-0.25, -0.2) is 0 Å². The molecule has 0 aromatic heterocycles. The molecule has 2 N–H and O–H groups in total. The summed E-state index contributed by atoms with van der Waals surface area (Å²) in [5.41, 5.74) is 7.16. The summed E-state index contributed by atoms with van der Waals surface area (Å²) in [6, 6.07) is 11.3. The molecule has 1 saturated heterocycles. The number of hydrogen-bond donors (Lipinski definition) is 1. The zero-order valence-electron chi connectivity index (χ0n) is 13.4. The molecule has 1 amide bonds. The highest BCUT2D eigenvalue weighted by molar-refractivity contribution is 5.81. The smallest absolute Gasteiger partial charge is 0.239 e. The average molecular weight is 301 g/mol. The van der Waals surface area contributed by atoms with Gasteiger partial charge in [-0.15, -0.1) is 0 Å². The Morgan fingerprint density at radius 1 is 1.32 bits per heavy atom. The van der Waals surface area contributed by atoms with E-state index in [0.29, 0.717) is 12.1 Å². The largest absolute Gasteiger partial charge is 0.337 e. The van der Waals surface area contributed by atoms with Crippen molar-refractivity contribution in [2.75, 3.05) is 13.1 Å². The minimum atomic E-state index is -0.385. The van der Waals surface area contributed by atoms with Gasteiger partial charge in [-0.05, 0) is 38.2 Å². The third-order valence-electron chi connectivity index (χ3n) is 4.79. The fourth-order valence-electron chi connectivity index (χ4n) is 3.45. The SMILES string of the molecule is CC(N)C(=O)N1CCCC1CN(Cc1ccccc1)C1CC1. The number of rotatable bonds is 6. The Labute approximate surface area is 133 Å². The maximum Gasteiger partial charge on any atom is 0.239 e. The second kappa shape index (κ2) is 6.80. The predicted molar refractivity (Wildman–Crippen MR) is 88.3 cm³/mol. The van der Waals surface area contributed by atoms with Crippen molar-refractivity contribution in [2.24, 2.45) is 5.73 Å². The van der Waals surface area contributed by atoms with E-state index in [1.165, 1.54) is 18.4 Å². The summed E-state index contributed by atoms with van der Waals surface area (Å²) >= 11 is 0. The summed E-state index contributed by atoms with van der Waals surface area (Å²) in [6.07, 6.45) is 4.80. The monoisotopic (exact) mass is 301 g/mol. The molecule has 1 saturated carbocycles. The molecular formula is C18H27N3O. The molecular weight excluding hydrogens is 274 g/mol. The summed E-state index contributed by atoms with van der Waals surface area (Å²) in [6.45, 7) is 4.63. The highest BCUT2D eigenvalue weighted by Crippen LogP contribution is 2.30. The molecule has 2 fully saturated rings. The molecule has 2 atom stereocenters. The Bertz CT molecular complexity index is 498. The first-order chi connectivity index (χ1) is 10.6. The van der Waals surface area contributed by atoms with Crippen molar-refractivity contribution >= 4 is 5.91 Å². The molecule has 1 aromatic rings. The van der Waals surface area contributed by atoms with E-state index >= 15 is 0 Å². The lowest BCUT2D eigenvalue weighted by Gasteiger charge is -2.32. The van der Waals surface area contributed by atoms with Gasteiger partial charge in [0, 0.05) is 31.7 Å². The van der Waals surface area contributed by atoms with E-state index in [4.69, 9.17) is 5.73 Å². The van der Waals surface area contributed by atoms with Gasteiger partial charge >= 0.3 is 0 Å². The standard InChI is InChI=1S/C18H27N3O/c1-14(19)18(22)21-11-5-8-17(21)13-20(16-9-10-16)12-15-6-3-2-4-7-15/h2-4,6-7,14,16-17H,5,8-13,19H2,1H3. The summed E-state index contributed by atoms with van der Waals surface area (Å²) in [5, 5.41) is 0. The van der Waals surface area contributed by atoms with Crippen molar-refractivity contribution in [3.8, 4) is 0 Å². The maximum absolute atomic E-state index is 12.3. The van der Waals surface area contributed by atoms with Crippen molar-refractivity contribution in [2.45, 2.75) is 57.3 Å². The van der Waals surface area contributed by atoms with Crippen LogP contribution in [0.15, 0.2) is 30.3 Å². The first kappa shape index (κ1) is 15.5. The van der Waals surface area contributed by atoms with E-state index < -0.39 is 0 Å². The Morgan fingerprint density at radius 3 is 2.68 bits per heavy atom. The van der Waals surface area contributed by atoms with Gasteiger partial charge in [0.05, 0.1) is 6.04 Å². The molecule has 0 spiro atoms. The molecule has 120 valence electrons. The maximum atomic E-state index is 12.3. The molecule has 1 aromatic carbocycles. The van der Waals surface area contributed by atoms with Crippen LogP contribution in [0, 0.1) is 0 Å². The van der Waals surface area contributed by atoms with Crippen molar-refractivity contribution in [1.29, 1.82) is 0 Å². The summed E-state index contributed by atoms with van der Waals surface area (Å²) in [4.78, 5) is 16.8. The van der Waals surface area contributed by atoms with Gasteiger partial charge in [0.1, 0.15) is 0 Å². The zero-order valence-corrected chi connectivity index (χ0v) is 13.4. The molecule has 0 radical (unpaired) electrons. The topological polar surface area (TPSA) is 49.6 Å². The minimum absolute atomic E-state index is 0.109. The molecule has 4 nitrogen and oxygen atoms in total. The predicted octanol–water partition coefficient (Wildman–Crippen LogP) is 1.99. The number of carbonyl (C=O) groups excluding carboxylic acids is 1. The van der Waals surface area contributed by atoms with Crippen molar-refractivity contribution < 1.29 is 4.79 Å². The van der Waals surface area contributed by atoms with Crippen LogP contribution >= 0.6 is 0 Å². The van der Waals surface area contributed by atoms with E-state index in [2.05, 4.69) is 35.2 Å². The van der Waals surface area contributed by atoms with Crippen LogP contribution in [-0.2, 0) is 11.3 Å². The Kier molecular flexibility index (Phi) is 4.79. The van der Waals surface area contributed by atoms with Crippen LogP contribution < -0.4 is 5.73 Å². The molecule has 3 rings (SSSR count). The number of nitrogens with two attached hydrogens (primary N) is 1. The lowest BCUT2D eigenvalue weighted by atomic mass is 10.1. The van der Waals surface area contributed by atoms with E-state index in [0.717, 1.165) is 32.5 Å². The van der Waals surface area contributed by atoms with E-state index in [1.54, 1.807) is 6.92 Å². The van der Waals surface area contributed by atoms with E-state index in [1.807, 2.05) is 4.90 Å². The Balaban J connectivity index is 1.64. The second-order valence-corrected chi connectivity index (χ2v) is 6.76. The van der Waals surface area contributed by atoms with Gasteiger partial charge in [-0.3, -0.25) is 9.69 Å². The molecule has 1 heterocycles. The molecule has 0 bridgehead atoms. The fraction of sp³-hybridized carbons (Fsp3) is 0.611. The van der Waals surface area contributed by atoms with E-state index in [-0.39, 0.29) is 11.9 Å². The second-order valence-electron chi connectivity index (χ2n) is 6.76. The van der Waals surface area contributed by atoms with Crippen LogP contribution in [-0.4, -0.2) is 46.9 Å².